The zero-order valence-corrected chi connectivity index (χ0v) is 20.0. The number of pyridine rings is 1. The first-order valence-corrected chi connectivity index (χ1v) is 12.2. The lowest BCUT2D eigenvalue weighted by Gasteiger charge is -2.22. The Bertz CT molecular complexity index is 1570. The van der Waals surface area contributed by atoms with Crippen LogP contribution < -0.4 is 10.7 Å². The van der Waals surface area contributed by atoms with Crippen LogP contribution in [0, 0.1) is 12.7 Å². The maximum atomic E-state index is 13.8. The molecule has 0 amide bonds. The van der Waals surface area contributed by atoms with Gasteiger partial charge in [-0.1, -0.05) is 12.1 Å². The lowest BCUT2D eigenvalue weighted by atomic mass is 10.1. The predicted molar refractivity (Wildman–Crippen MR) is 139 cm³/mol. The van der Waals surface area contributed by atoms with Crippen LogP contribution in [0.2, 0.25) is 0 Å². The Labute approximate surface area is 208 Å². The van der Waals surface area contributed by atoms with Gasteiger partial charge in [0.2, 0.25) is 0 Å². The number of nitrogens with one attached hydrogen (secondary N) is 1. The molecule has 0 saturated carbocycles. The van der Waals surface area contributed by atoms with Gasteiger partial charge in [0.05, 0.1) is 51.4 Å². The maximum absolute atomic E-state index is 13.8. The van der Waals surface area contributed by atoms with E-state index in [9.17, 15) is 4.39 Å². The first-order valence-electron chi connectivity index (χ1n) is 12.2. The van der Waals surface area contributed by atoms with Crippen LogP contribution in [-0.4, -0.2) is 33.8 Å². The summed E-state index contributed by atoms with van der Waals surface area (Å²) >= 11 is 0. The summed E-state index contributed by atoms with van der Waals surface area (Å²) in [5.74, 6) is -0.268. The zero-order valence-electron chi connectivity index (χ0n) is 20.0. The highest BCUT2D eigenvalue weighted by Crippen LogP contribution is 2.30. The molecule has 1 N–H and O–H groups in total. The number of ether oxygens (including phenoxy) is 1. The van der Waals surface area contributed by atoms with E-state index >= 15 is 0 Å². The van der Waals surface area contributed by atoms with Crippen LogP contribution in [0.5, 0.6) is 0 Å². The Morgan fingerprint density at radius 2 is 1.81 bits per heavy atom. The molecule has 3 aliphatic rings. The van der Waals surface area contributed by atoms with Crippen molar-refractivity contribution in [2.45, 2.75) is 25.8 Å². The molecule has 2 aliphatic heterocycles. The lowest BCUT2D eigenvalue weighted by molar-refractivity contribution is 0.0864. The number of hydrogen-bond donors (Lipinski definition) is 1. The molecule has 1 fully saturated rings. The summed E-state index contributed by atoms with van der Waals surface area (Å²) in [4.78, 5) is 14.5. The molecule has 180 valence electrons. The van der Waals surface area contributed by atoms with Gasteiger partial charge in [0.15, 0.2) is 0 Å². The molecular formula is C29H26FN5O. The molecule has 0 bridgehead atoms. The number of halogens is 1. The van der Waals surface area contributed by atoms with Crippen molar-refractivity contribution in [3.05, 3.63) is 95.9 Å². The molecule has 0 unspecified atom stereocenters. The fourth-order valence-electron chi connectivity index (χ4n) is 4.71. The average Bonchev–Trinajstić information content (AvgIpc) is 2.89. The fourth-order valence-corrected chi connectivity index (χ4v) is 4.71. The van der Waals surface area contributed by atoms with E-state index in [4.69, 9.17) is 14.7 Å². The summed E-state index contributed by atoms with van der Waals surface area (Å²) in [7, 11) is 0. The summed E-state index contributed by atoms with van der Waals surface area (Å²) in [6, 6.07) is 20.9. The Kier molecular flexibility index (Phi) is 5.91. The second kappa shape index (κ2) is 9.51. The smallest absolute Gasteiger partial charge is 0.123 e. The van der Waals surface area contributed by atoms with Crippen LogP contribution in [0.3, 0.4) is 0 Å². The summed E-state index contributed by atoms with van der Waals surface area (Å²) in [5, 5.41) is 4.37. The number of aromatic nitrogens is 3. The Morgan fingerprint density at radius 1 is 1.00 bits per heavy atom. The van der Waals surface area contributed by atoms with Crippen molar-refractivity contribution in [3.63, 3.8) is 0 Å². The average molecular weight is 480 g/mol. The van der Waals surface area contributed by atoms with Crippen LogP contribution in [0.15, 0.2) is 84.1 Å². The number of anilines is 2. The van der Waals surface area contributed by atoms with Crippen molar-refractivity contribution in [2.75, 3.05) is 18.5 Å². The standard InChI is InChI=1S/C29H26FN5O/c1-19-14-22(18-31-17-19)33-25-15-27-29(16-26(25)32-21-10-12-36-13-11-21)35(23-8-6-20(30)7-9-23)28-5-3-2-4-24(28)34-27/h2-9,14-18,21,33H,10-13H2,1H3. The molecule has 0 radical (unpaired) electrons. The number of rotatable bonds is 4. The molecule has 7 heteroatoms. The highest BCUT2D eigenvalue weighted by molar-refractivity contribution is 5.84. The van der Waals surface area contributed by atoms with Crippen molar-refractivity contribution < 1.29 is 9.13 Å². The van der Waals surface area contributed by atoms with E-state index in [1.54, 1.807) is 12.1 Å². The molecular weight excluding hydrogens is 453 g/mol. The first kappa shape index (κ1) is 22.4. The maximum Gasteiger partial charge on any atom is 0.123 e. The summed E-state index contributed by atoms with van der Waals surface area (Å²) < 4.78 is 21.5. The van der Waals surface area contributed by atoms with E-state index in [1.807, 2.05) is 49.6 Å². The number of fused-ring (bicyclic) bond motifs is 2. The quantitative estimate of drug-likeness (QED) is 0.331. The van der Waals surface area contributed by atoms with Gasteiger partial charge in [-0.2, -0.15) is 0 Å². The largest absolute Gasteiger partial charge is 0.381 e. The third-order valence-corrected chi connectivity index (χ3v) is 6.45. The van der Waals surface area contributed by atoms with Gasteiger partial charge in [-0.05, 0) is 79.9 Å². The van der Waals surface area contributed by atoms with Crippen LogP contribution in [0.1, 0.15) is 18.4 Å². The third kappa shape index (κ3) is 4.45. The highest BCUT2D eigenvalue weighted by atomic mass is 19.1. The molecule has 3 aromatic rings. The highest BCUT2D eigenvalue weighted by Gasteiger charge is 2.18. The van der Waals surface area contributed by atoms with Crippen molar-refractivity contribution in [1.29, 1.82) is 0 Å². The molecule has 36 heavy (non-hydrogen) atoms. The SMILES string of the molecule is Cc1cncc(Nc2cc3nc4ccccc4n(-c4ccc(F)cc4)c-3cc2=NC2CCOCC2)c1. The van der Waals surface area contributed by atoms with Gasteiger partial charge >= 0.3 is 0 Å². The molecule has 0 spiro atoms. The number of hydrogen-bond acceptors (Lipinski definition) is 5. The summed E-state index contributed by atoms with van der Waals surface area (Å²) in [5.41, 5.74) is 7.21. The Morgan fingerprint density at radius 3 is 2.61 bits per heavy atom. The van der Waals surface area contributed by atoms with E-state index < -0.39 is 0 Å². The molecule has 3 heterocycles. The fraction of sp³-hybridized carbons (Fsp3) is 0.207. The van der Waals surface area contributed by atoms with E-state index in [-0.39, 0.29) is 11.9 Å². The normalized spacial score (nSPS) is 15.0. The van der Waals surface area contributed by atoms with E-state index in [0.29, 0.717) is 13.2 Å². The third-order valence-electron chi connectivity index (χ3n) is 6.45. The minimum absolute atomic E-state index is 0.181. The van der Waals surface area contributed by atoms with Crippen molar-refractivity contribution in [3.8, 4) is 17.1 Å². The first-order chi connectivity index (χ1) is 17.6. The van der Waals surface area contributed by atoms with Crippen LogP contribution in [-0.2, 0) is 4.74 Å². The molecule has 6 nitrogen and oxygen atoms in total. The Balaban J connectivity index is 1.62. The van der Waals surface area contributed by atoms with Gasteiger partial charge in [0, 0.05) is 25.1 Å². The van der Waals surface area contributed by atoms with Crippen molar-refractivity contribution in [1.82, 2.24) is 14.5 Å². The van der Waals surface area contributed by atoms with Crippen LogP contribution >= 0.6 is 0 Å². The van der Waals surface area contributed by atoms with Gasteiger partial charge < -0.3 is 14.6 Å². The van der Waals surface area contributed by atoms with E-state index in [2.05, 4.69) is 27.0 Å². The molecule has 0 atom stereocenters. The minimum Gasteiger partial charge on any atom is -0.381 e. The second-order valence-electron chi connectivity index (χ2n) is 9.12. The summed E-state index contributed by atoms with van der Waals surface area (Å²) in [6.45, 7) is 3.45. The van der Waals surface area contributed by atoms with Crippen LogP contribution in [0.25, 0.3) is 28.1 Å². The molecule has 1 saturated heterocycles. The monoisotopic (exact) mass is 479 g/mol. The van der Waals surface area contributed by atoms with Gasteiger partial charge in [-0.3, -0.25) is 9.98 Å². The van der Waals surface area contributed by atoms with Gasteiger partial charge in [0.1, 0.15) is 5.82 Å². The predicted octanol–water partition coefficient (Wildman–Crippen LogP) is 5.80. The minimum atomic E-state index is -0.268. The van der Waals surface area contributed by atoms with Gasteiger partial charge in [-0.15, -0.1) is 0 Å². The van der Waals surface area contributed by atoms with Crippen molar-refractivity contribution in [2.24, 2.45) is 4.99 Å². The van der Waals surface area contributed by atoms with Gasteiger partial charge in [0.25, 0.3) is 0 Å². The van der Waals surface area contributed by atoms with E-state index in [1.165, 1.54) is 12.1 Å². The molecule has 1 aromatic heterocycles. The number of aryl methyl sites for hydroxylation is 1. The summed E-state index contributed by atoms with van der Waals surface area (Å²) in [6.07, 6.45) is 5.41. The number of para-hydroxylation sites is 2. The molecule has 1 aliphatic carbocycles. The lowest BCUT2D eigenvalue weighted by Crippen LogP contribution is -2.23. The topological polar surface area (TPSA) is 64.3 Å². The molecule has 2 aromatic carbocycles. The molecule has 6 rings (SSSR count). The van der Waals surface area contributed by atoms with Gasteiger partial charge in [-0.25, -0.2) is 9.37 Å². The zero-order chi connectivity index (χ0) is 24.5. The Hall–Kier alpha value is -4.10. The van der Waals surface area contributed by atoms with Crippen molar-refractivity contribution >= 4 is 22.4 Å². The van der Waals surface area contributed by atoms with Crippen LogP contribution in [0.4, 0.5) is 15.8 Å². The second-order valence-corrected chi connectivity index (χ2v) is 9.12. The number of benzene rings is 3. The number of nitrogens with zero attached hydrogens (tertiary/aromatic N) is 4. The van der Waals surface area contributed by atoms with E-state index in [0.717, 1.165) is 63.2 Å².